The molecule has 1 aliphatic heterocycles. The van der Waals surface area contributed by atoms with Gasteiger partial charge in [-0.05, 0) is 36.4 Å². The van der Waals surface area contributed by atoms with Crippen LogP contribution in [-0.4, -0.2) is 28.5 Å². The Labute approximate surface area is 156 Å². The van der Waals surface area contributed by atoms with E-state index in [0.29, 0.717) is 5.56 Å². The van der Waals surface area contributed by atoms with E-state index < -0.39 is 23.8 Å². The second-order valence-electron chi connectivity index (χ2n) is 5.62. The molecule has 0 aromatic heterocycles. The molecule has 4 nitrogen and oxygen atoms in total. The maximum atomic E-state index is 13.2. The standard InChI is InChI=1S/C19H10ClF3O4/c20-13-7-11(5-4-10-2-1-3-14(24)6-10)16-12(8-13)9-15(18(25)26)17(27-16)19(21,22)23/h1-3,6-9,17,24H,(H,25,26). The highest BCUT2D eigenvalue weighted by molar-refractivity contribution is 6.31. The molecular formula is C19H10ClF3O4. The molecule has 8 heteroatoms. The van der Waals surface area contributed by atoms with E-state index in [1.54, 1.807) is 12.1 Å². The molecule has 1 heterocycles. The molecular weight excluding hydrogens is 385 g/mol. The first-order valence-electron chi connectivity index (χ1n) is 7.48. The summed E-state index contributed by atoms with van der Waals surface area (Å²) in [5, 5.41) is 18.7. The van der Waals surface area contributed by atoms with Gasteiger partial charge in [-0.1, -0.05) is 29.5 Å². The lowest BCUT2D eigenvalue weighted by molar-refractivity contribution is -0.187. The Hall–Kier alpha value is -3.11. The van der Waals surface area contributed by atoms with Crippen molar-refractivity contribution in [3.05, 3.63) is 63.7 Å². The lowest BCUT2D eigenvalue weighted by Crippen LogP contribution is -2.40. The molecule has 0 fully saturated rings. The summed E-state index contributed by atoms with van der Waals surface area (Å²) < 4.78 is 44.7. The monoisotopic (exact) mass is 394 g/mol. The molecule has 0 bridgehead atoms. The minimum absolute atomic E-state index is 0.0164. The number of phenols is 1. The number of benzene rings is 2. The molecule has 0 saturated carbocycles. The Kier molecular flexibility index (Phi) is 4.77. The van der Waals surface area contributed by atoms with Crippen LogP contribution < -0.4 is 4.74 Å². The smallest absolute Gasteiger partial charge is 0.430 e. The normalized spacial score (nSPS) is 15.7. The first-order valence-corrected chi connectivity index (χ1v) is 7.86. The second-order valence-corrected chi connectivity index (χ2v) is 6.05. The van der Waals surface area contributed by atoms with Crippen LogP contribution >= 0.6 is 11.6 Å². The number of rotatable bonds is 1. The van der Waals surface area contributed by atoms with Crippen LogP contribution in [-0.2, 0) is 4.79 Å². The molecule has 2 aromatic rings. The van der Waals surface area contributed by atoms with Crippen LogP contribution in [0.3, 0.4) is 0 Å². The number of carboxylic acid groups (broad SMARTS) is 1. The molecule has 0 amide bonds. The summed E-state index contributed by atoms with van der Waals surface area (Å²) in [6, 6.07) is 8.61. The summed E-state index contributed by atoms with van der Waals surface area (Å²) in [6.45, 7) is 0. The van der Waals surface area contributed by atoms with Crippen LogP contribution in [0.25, 0.3) is 6.08 Å². The number of aliphatic carboxylic acids is 1. The number of carboxylic acids is 1. The molecule has 138 valence electrons. The van der Waals surface area contributed by atoms with Crippen LogP contribution in [0.5, 0.6) is 11.5 Å². The average Bonchev–Trinajstić information content (AvgIpc) is 2.57. The molecule has 0 radical (unpaired) electrons. The summed E-state index contributed by atoms with van der Waals surface area (Å²) in [5.41, 5.74) is -0.366. The third kappa shape index (κ3) is 4.01. The van der Waals surface area contributed by atoms with Crippen molar-refractivity contribution in [3.63, 3.8) is 0 Å². The van der Waals surface area contributed by atoms with Gasteiger partial charge in [-0.25, -0.2) is 4.79 Å². The maximum absolute atomic E-state index is 13.2. The Morgan fingerprint density at radius 3 is 2.56 bits per heavy atom. The number of hydrogen-bond donors (Lipinski definition) is 2. The molecule has 0 spiro atoms. The van der Waals surface area contributed by atoms with Gasteiger partial charge in [0.25, 0.3) is 0 Å². The summed E-state index contributed by atoms with van der Waals surface area (Å²) >= 11 is 5.98. The highest BCUT2D eigenvalue weighted by Crippen LogP contribution is 2.40. The zero-order valence-corrected chi connectivity index (χ0v) is 14.1. The van der Waals surface area contributed by atoms with Crippen LogP contribution in [0.1, 0.15) is 16.7 Å². The fraction of sp³-hybridized carbons (Fsp3) is 0.105. The van der Waals surface area contributed by atoms with Gasteiger partial charge in [0.15, 0.2) is 0 Å². The first kappa shape index (κ1) is 18.7. The number of halogens is 4. The average molecular weight is 395 g/mol. The van der Waals surface area contributed by atoms with E-state index in [9.17, 15) is 23.1 Å². The van der Waals surface area contributed by atoms with Crippen LogP contribution in [0, 0.1) is 11.8 Å². The molecule has 27 heavy (non-hydrogen) atoms. The van der Waals surface area contributed by atoms with Crippen molar-refractivity contribution < 1.29 is 32.9 Å². The number of carbonyl (C=O) groups is 1. The second kappa shape index (κ2) is 6.89. The summed E-state index contributed by atoms with van der Waals surface area (Å²) in [6.07, 6.45) is -6.66. The van der Waals surface area contributed by atoms with Gasteiger partial charge < -0.3 is 14.9 Å². The van der Waals surface area contributed by atoms with Gasteiger partial charge in [-0.15, -0.1) is 0 Å². The van der Waals surface area contributed by atoms with Crippen molar-refractivity contribution in [1.29, 1.82) is 0 Å². The van der Waals surface area contributed by atoms with E-state index in [2.05, 4.69) is 11.8 Å². The molecule has 2 aromatic carbocycles. The van der Waals surface area contributed by atoms with Crippen molar-refractivity contribution >= 4 is 23.6 Å². The van der Waals surface area contributed by atoms with Crippen molar-refractivity contribution in [2.75, 3.05) is 0 Å². The number of ether oxygens (including phenoxy) is 1. The van der Waals surface area contributed by atoms with Gasteiger partial charge in [-0.2, -0.15) is 13.2 Å². The number of fused-ring (bicyclic) bond motifs is 1. The zero-order valence-electron chi connectivity index (χ0n) is 13.3. The molecule has 1 aliphatic rings. The minimum atomic E-state index is -4.92. The van der Waals surface area contributed by atoms with Gasteiger partial charge >= 0.3 is 12.1 Å². The van der Waals surface area contributed by atoms with E-state index in [-0.39, 0.29) is 27.6 Å². The Morgan fingerprint density at radius 2 is 1.93 bits per heavy atom. The quantitative estimate of drug-likeness (QED) is 0.710. The van der Waals surface area contributed by atoms with Crippen molar-refractivity contribution in [3.8, 4) is 23.3 Å². The van der Waals surface area contributed by atoms with Crippen molar-refractivity contribution in [1.82, 2.24) is 0 Å². The van der Waals surface area contributed by atoms with E-state index in [1.165, 1.54) is 24.3 Å². The number of phenolic OH excluding ortho intramolecular Hbond substituents is 1. The number of hydrogen-bond acceptors (Lipinski definition) is 3. The zero-order chi connectivity index (χ0) is 19.8. The topological polar surface area (TPSA) is 66.8 Å². The fourth-order valence-corrected chi connectivity index (χ4v) is 2.74. The van der Waals surface area contributed by atoms with Gasteiger partial charge in [0, 0.05) is 16.1 Å². The van der Waals surface area contributed by atoms with E-state index in [1.807, 2.05) is 0 Å². The van der Waals surface area contributed by atoms with Crippen molar-refractivity contribution in [2.45, 2.75) is 12.3 Å². The Bertz CT molecular complexity index is 1020. The fourth-order valence-electron chi connectivity index (χ4n) is 2.51. The molecule has 0 saturated heterocycles. The van der Waals surface area contributed by atoms with E-state index in [0.717, 1.165) is 6.08 Å². The van der Waals surface area contributed by atoms with Crippen LogP contribution in [0.4, 0.5) is 13.2 Å². The summed E-state index contributed by atoms with van der Waals surface area (Å²) in [5.74, 6) is 3.39. The van der Waals surface area contributed by atoms with Gasteiger partial charge in [0.2, 0.25) is 6.10 Å². The predicted molar refractivity (Wildman–Crippen MR) is 91.6 cm³/mol. The summed E-state index contributed by atoms with van der Waals surface area (Å²) in [4.78, 5) is 11.2. The largest absolute Gasteiger partial charge is 0.508 e. The molecule has 2 N–H and O–H groups in total. The molecule has 1 atom stereocenters. The van der Waals surface area contributed by atoms with Gasteiger partial charge in [0.1, 0.15) is 11.5 Å². The SMILES string of the molecule is O=C(O)C1=Cc2cc(Cl)cc(C#Cc3cccc(O)c3)c2OC1C(F)(F)F. The number of aromatic hydroxyl groups is 1. The lowest BCUT2D eigenvalue weighted by Gasteiger charge is -2.27. The third-order valence-corrected chi connectivity index (χ3v) is 3.86. The van der Waals surface area contributed by atoms with E-state index in [4.69, 9.17) is 21.4 Å². The van der Waals surface area contributed by atoms with Crippen molar-refractivity contribution in [2.24, 2.45) is 0 Å². The molecule has 3 rings (SSSR count). The predicted octanol–water partition coefficient (Wildman–Crippen LogP) is 4.24. The first-order chi connectivity index (χ1) is 12.6. The Balaban J connectivity index is 2.12. The van der Waals surface area contributed by atoms with Crippen LogP contribution in [0.2, 0.25) is 5.02 Å². The van der Waals surface area contributed by atoms with Gasteiger partial charge in [0.05, 0.1) is 11.1 Å². The van der Waals surface area contributed by atoms with E-state index >= 15 is 0 Å². The maximum Gasteiger partial charge on any atom is 0.430 e. The lowest BCUT2D eigenvalue weighted by atomic mass is 9.98. The molecule has 1 unspecified atom stereocenters. The highest BCUT2D eigenvalue weighted by Gasteiger charge is 2.48. The Morgan fingerprint density at radius 1 is 1.19 bits per heavy atom. The van der Waals surface area contributed by atoms with Gasteiger partial charge in [-0.3, -0.25) is 0 Å². The van der Waals surface area contributed by atoms with Crippen LogP contribution in [0.15, 0.2) is 42.0 Å². The molecule has 0 aliphatic carbocycles. The highest BCUT2D eigenvalue weighted by atomic mass is 35.5. The number of alkyl halides is 3. The summed E-state index contributed by atoms with van der Waals surface area (Å²) in [7, 11) is 0. The minimum Gasteiger partial charge on any atom is -0.508 e. The third-order valence-electron chi connectivity index (χ3n) is 3.64.